The summed E-state index contributed by atoms with van der Waals surface area (Å²) in [5.74, 6) is -3.82. The van der Waals surface area contributed by atoms with Crippen LogP contribution in [0.15, 0.2) is 133 Å². The van der Waals surface area contributed by atoms with E-state index in [0.29, 0.717) is 29.2 Å². The molecular weight excluding hydrogens is 786 g/mol. The Hall–Kier alpha value is -7.06. The number of ketones is 1. The molecule has 0 saturated carbocycles. The second-order valence-electron chi connectivity index (χ2n) is 10.5. The van der Waals surface area contributed by atoms with Gasteiger partial charge in [-0.05, 0) is 30.1 Å². The van der Waals surface area contributed by atoms with Crippen LogP contribution in [0.5, 0.6) is 11.5 Å². The molecule has 0 bridgehead atoms. The molecule has 0 aliphatic carbocycles. The number of benzene rings is 4. The van der Waals surface area contributed by atoms with Crippen LogP contribution in [0.3, 0.4) is 0 Å². The number of nitrogens with one attached hydrogen (secondary N) is 1. The maximum absolute atomic E-state index is 12.4. The fourth-order valence-corrected chi connectivity index (χ4v) is 4.79. The molecule has 0 aliphatic rings. The normalized spacial score (nSPS) is 11.6. The standard InChI is InChI=1S/C16H13N5O4.C16H14N4O8S.Cr/c1-10-15(16(23)20(19-10)11-5-3-2-4-6-11)18-17-13-9-12(21(24)25)7-8-14(13)22;1-9(21)14(16(23)17-10-5-3-2-4-6-10)19-18-12-7-11(20(24)25)8-13(15(12)22)29(26,27)28;/h2-9H,1H3,(H2,17,18,19,22,23);2-8,17,22-23H,1H3,(H,26,27,28);/q;;+3/p-3/b;16-14-,19-18?;. The van der Waals surface area contributed by atoms with Gasteiger partial charge in [-0.15, -0.1) is 15.9 Å². The minimum absolute atomic E-state index is 0. The molecule has 21 nitrogen and oxygen atoms in total. The van der Waals surface area contributed by atoms with E-state index in [9.17, 15) is 58.1 Å². The van der Waals surface area contributed by atoms with Crippen LogP contribution in [0, 0.1) is 27.2 Å². The van der Waals surface area contributed by atoms with E-state index >= 15 is 0 Å². The van der Waals surface area contributed by atoms with Crippen molar-refractivity contribution in [1.82, 2.24) is 9.78 Å². The third-order valence-corrected chi connectivity index (χ3v) is 7.58. The second kappa shape index (κ2) is 18.1. The van der Waals surface area contributed by atoms with Crippen molar-refractivity contribution >= 4 is 50.0 Å². The molecule has 0 spiro atoms. The van der Waals surface area contributed by atoms with Crippen molar-refractivity contribution in [2.24, 2.45) is 20.5 Å². The molecule has 0 atom stereocenters. The Morgan fingerprint density at radius 1 is 0.855 bits per heavy atom. The predicted molar refractivity (Wildman–Crippen MR) is 182 cm³/mol. The van der Waals surface area contributed by atoms with Crippen molar-refractivity contribution in [1.29, 1.82) is 0 Å². The largest absolute Gasteiger partial charge is 3.00 e. The molecule has 5 aromatic rings. The summed E-state index contributed by atoms with van der Waals surface area (Å²) in [6, 6.07) is 20.7. The molecule has 0 amide bonds. The number of azo groups is 2. The number of carbonyl (C=O) groups is 1. The Balaban J connectivity index is 0.000000546. The Morgan fingerprint density at radius 3 is 2.00 bits per heavy atom. The number of nitrogens with zero attached hydrogens (tertiary/aromatic N) is 8. The van der Waals surface area contributed by atoms with Gasteiger partial charge in [-0.1, -0.05) is 60.9 Å². The number of non-ortho nitro benzene ring substituents is 2. The van der Waals surface area contributed by atoms with Crippen LogP contribution < -0.4 is 31.3 Å². The Morgan fingerprint density at radius 2 is 1.44 bits per heavy atom. The molecule has 23 heteroatoms. The molecule has 55 heavy (non-hydrogen) atoms. The molecule has 1 radical (unpaired) electrons. The van der Waals surface area contributed by atoms with Gasteiger partial charge in [-0.3, -0.25) is 29.8 Å². The van der Waals surface area contributed by atoms with Gasteiger partial charge in [0, 0.05) is 42.6 Å². The number of hydrogen-bond acceptors (Lipinski definition) is 17. The molecule has 281 valence electrons. The third kappa shape index (κ3) is 10.7. The van der Waals surface area contributed by atoms with Crippen molar-refractivity contribution in [3.63, 3.8) is 0 Å². The number of Topliss-reactive ketones (excluding diaryl/α,β-unsaturated/α-hetero) is 1. The Labute approximate surface area is 322 Å². The molecule has 1 heterocycles. The van der Waals surface area contributed by atoms with E-state index in [0.717, 1.165) is 25.1 Å². The SMILES string of the molecule is CC(=O)/C(N=Nc1cc([N+](=O)[O-])cc(S(=O)(=O)[O-])c1[O-])=C(/[O-])Nc1ccccc1.Cc1[n-]n(-c2ccccc2)c(=O)c1N=Nc1cc([N+](=O)[O-])ccc1[O-].[Cr+3].[H+].[H+]. The molecule has 1 aromatic heterocycles. The topological polar surface area (TPSA) is 327 Å². The fourth-order valence-electron chi connectivity index (χ4n) is 4.19. The zero-order valence-electron chi connectivity index (χ0n) is 30.0. The summed E-state index contributed by atoms with van der Waals surface area (Å²) in [7, 11) is -5.35. The van der Waals surface area contributed by atoms with Crippen LogP contribution in [-0.2, 0) is 32.3 Å². The van der Waals surface area contributed by atoms with Gasteiger partial charge in [-0.25, -0.2) is 8.42 Å². The summed E-state index contributed by atoms with van der Waals surface area (Å²) in [5, 5.41) is 78.3. The number of aryl methyl sites for hydroxylation is 1. The molecule has 0 unspecified atom stereocenters. The summed E-state index contributed by atoms with van der Waals surface area (Å²) < 4.78 is 34.7. The van der Waals surface area contributed by atoms with E-state index in [1.807, 2.05) is 6.07 Å². The van der Waals surface area contributed by atoms with Crippen LogP contribution >= 0.6 is 0 Å². The van der Waals surface area contributed by atoms with Crippen LogP contribution in [0.25, 0.3) is 5.69 Å². The van der Waals surface area contributed by atoms with E-state index < -0.39 is 70.7 Å². The summed E-state index contributed by atoms with van der Waals surface area (Å²) in [6.45, 7) is 2.57. The average Bonchev–Trinajstić information content (AvgIpc) is 3.40. The van der Waals surface area contributed by atoms with Crippen molar-refractivity contribution in [3.8, 4) is 17.2 Å². The maximum Gasteiger partial charge on any atom is 3.00 e. The number of para-hydroxylation sites is 2. The van der Waals surface area contributed by atoms with Gasteiger partial charge in [0.15, 0.2) is 5.78 Å². The zero-order valence-corrected chi connectivity index (χ0v) is 30.0. The number of nitro benzene ring substituents is 2. The van der Waals surface area contributed by atoms with Crippen LogP contribution in [0.2, 0.25) is 0 Å². The third-order valence-electron chi connectivity index (χ3n) is 6.74. The van der Waals surface area contributed by atoms with E-state index in [-0.39, 0.29) is 37.3 Å². The van der Waals surface area contributed by atoms with Crippen LogP contribution in [0.1, 0.15) is 15.5 Å². The minimum atomic E-state index is -5.35. The Bertz CT molecular complexity index is 2520. The van der Waals surface area contributed by atoms with E-state index in [2.05, 4.69) is 30.9 Å². The number of hydrogen-bond donors (Lipinski definition) is 1. The van der Waals surface area contributed by atoms with Gasteiger partial charge in [0.2, 0.25) is 0 Å². The number of allylic oxidation sites excluding steroid dienone is 1. The number of rotatable bonds is 11. The van der Waals surface area contributed by atoms with Crippen LogP contribution in [-0.4, -0.2) is 33.3 Å². The minimum Gasteiger partial charge on any atom is -0.871 e. The molecule has 1 N–H and O–H groups in total. The fraction of sp³-hybridized carbons (Fsp3) is 0.0625. The first-order chi connectivity index (χ1) is 25.5. The number of aromatic nitrogens is 2. The number of anilines is 1. The molecule has 0 aliphatic heterocycles. The molecular formula is C32H24CrN9O12S. The van der Waals surface area contributed by atoms with E-state index in [4.69, 9.17) is 0 Å². The summed E-state index contributed by atoms with van der Waals surface area (Å²) in [5.41, 5.74) is -2.39. The van der Waals surface area contributed by atoms with Gasteiger partial charge in [-0.2, -0.15) is 10.2 Å². The van der Waals surface area contributed by atoms with Gasteiger partial charge in [0.05, 0.1) is 26.1 Å². The zero-order chi connectivity index (χ0) is 39.7. The van der Waals surface area contributed by atoms with Crippen molar-refractivity contribution < 1.29 is 63.1 Å². The molecule has 0 saturated heterocycles. The summed E-state index contributed by atoms with van der Waals surface area (Å²) in [6.07, 6.45) is 0. The van der Waals surface area contributed by atoms with Gasteiger partial charge in [0.1, 0.15) is 21.5 Å². The summed E-state index contributed by atoms with van der Waals surface area (Å²) >= 11 is 0. The van der Waals surface area contributed by atoms with Gasteiger partial charge >= 0.3 is 20.2 Å². The number of nitro groups is 2. The molecule has 4 aromatic carbocycles. The number of carbonyl (C=O) groups excluding carboxylic acids is 1. The quantitative estimate of drug-likeness (QED) is 0.0497. The molecule has 0 fully saturated rings. The second-order valence-corrected chi connectivity index (χ2v) is 11.9. The average molecular weight is 811 g/mol. The van der Waals surface area contributed by atoms with Gasteiger partial charge < -0.3 is 35.0 Å². The first-order valence-corrected chi connectivity index (χ1v) is 16.2. The van der Waals surface area contributed by atoms with Crippen molar-refractivity contribution in [3.05, 3.63) is 139 Å². The van der Waals surface area contributed by atoms with Crippen LogP contribution in [0.4, 0.5) is 34.1 Å². The van der Waals surface area contributed by atoms with Gasteiger partial charge in [0.25, 0.3) is 16.9 Å². The predicted octanol–water partition coefficient (Wildman–Crippen LogP) is 3.61. The molecule has 5 rings (SSSR count). The van der Waals surface area contributed by atoms with E-state index in [1.165, 1.54) is 16.8 Å². The smallest absolute Gasteiger partial charge is 0.871 e. The van der Waals surface area contributed by atoms with Crippen molar-refractivity contribution in [2.75, 3.05) is 5.32 Å². The first kappa shape index (κ1) is 42.4. The Kier molecular flexibility index (Phi) is 14.0. The summed E-state index contributed by atoms with van der Waals surface area (Å²) in [4.78, 5) is 42.7. The maximum atomic E-state index is 12.4. The van der Waals surface area contributed by atoms with E-state index in [1.54, 1.807) is 49.4 Å². The monoisotopic (exact) mass is 810 g/mol. The van der Waals surface area contributed by atoms with Crippen molar-refractivity contribution in [2.45, 2.75) is 18.7 Å². The first-order valence-electron chi connectivity index (χ1n) is 14.8.